The largest absolute Gasteiger partial charge is 0.394 e. The maximum absolute atomic E-state index is 12.0. The van der Waals surface area contributed by atoms with E-state index in [-0.39, 0.29) is 12.5 Å². The molecule has 1 rings (SSSR count). The van der Waals surface area contributed by atoms with Crippen molar-refractivity contribution in [2.75, 3.05) is 106 Å². The molecule has 10 nitrogen and oxygen atoms in total. The number of aryl methyl sites for hydroxylation is 1. The molecule has 35 heavy (non-hydrogen) atoms. The summed E-state index contributed by atoms with van der Waals surface area (Å²) in [5, 5.41) is 11.4. The third kappa shape index (κ3) is 19.3. The van der Waals surface area contributed by atoms with Gasteiger partial charge in [0, 0.05) is 12.1 Å². The minimum Gasteiger partial charge on any atom is -0.394 e. The summed E-state index contributed by atoms with van der Waals surface area (Å²) in [6, 6.07) is 7.61. The predicted octanol–water partition coefficient (Wildman–Crippen LogP) is 1.09. The lowest BCUT2D eigenvalue weighted by Crippen LogP contribution is -2.27. The molecule has 0 unspecified atom stereocenters. The molecule has 2 N–H and O–H groups in total. The molecule has 0 aliphatic carbocycles. The number of rotatable bonds is 25. The van der Waals surface area contributed by atoms with Crippen LogP contribution in [-0.4, -0.2) is 117 Å². The van der Waals surface area contributed by atoms with Gasteiger partial charge in [-0.2, -0.15) is 0 Å². The topological polar surface area (TPSA) is 114 Å². The van der Waals surface area contributed by atoms with Gasteiger partial charge in [-0.15, -0.1) is 0 Å². The van der Waals surface area contributed by atoms with Crippen molar-refractivity contribution in [3.05, 3.63) is 35.4 Å². The van der Waals surface area contributed by atoms with E-state index in [2.05, 4.69) is 12.2 Å². The van der Waals surface area contributed by atoms with Crippen LogP contribution in [0.1, 0.15) is 22.8 Å². The molecule has 0 aliphatic heterocycles. The van der Waals surface area contributed by atoms with Crippen molar-refractivity contribution in [2.45, 2.75) is 13.3 Å². The van der Waals surface area contributed by atoms with Crippen LogP contribution in [-0.2, 0) is 39.6 Å². The van der Waals surface area contributed by atoms with Gasteiger partial charge in [0.25, 0.3) is 5.91 Å². The van der Waals surface area contributed by atoms with Gasteiger partial charge < -0.3 is 43.6 Å². The van der Waals surface area contributed by atoms with Crippen LogP contribution in [0.25, 0.3) is 0 Å². The first kappa shape index (κ1) is 31.4. The number of hydrogen-bond acceptors (Lipinski definition) is 9. The second-order valence-corrected chi connectivity index (χ2v) is 7.32. The smallest absolute Gasteiger partial charge is 0.251 e. The van der Waals surface area contributed by atoms with Gasteiger partial charge in [-0.3, -0.25) is 4.79 Å². The molecule has 0 radical (unpaired) electrons. The normalized spacial score (nSPS) is 11.1. The van der Waals surface area contributed by atoms with Gasteiger partial charge in [0.2, 0.25) is 0 Å². The number of hydrogen-bond donors (Lipinski definition) is 2. The van der Waals surface area contributed by atoms with E-state index in [0.29, 0.717) is 105 Å². The van der Waals surface area contributed by atoms with Crippen LogP contribution < -0.4 is 5.32 Å². The zero-order valence-electron chi connectivity index (χ0n) is 21.0. The quantitative estimate of drug-likeness (QED) is 0.190. The van der Waals surface area contributed by atoms with Crippen molar-refractivity contribution in [1.82, 2.24) is 5.32 Å². The molecule has 0 aliphatic rings. The highest BCUT2D eigenvalue weighted by molar-refractivity contribution is 5.94. The highest BCUT2D eigenvalue weighted by Crippen LogP contribution is 2.04. The Bertz CT molecular complexity index is 601. The van der Waals surface area contributed by atoms with E-state index in [9.17, 15) is 4.79 Å². The molecular formula is C25H43NO9. The standard InChI is InChI=1S/C25H43NO9/c1-2-23-3-5-24(6-4-23)25(28)26-7-9-29-11-13-31-15-17-33-19-21-35-22-20-34-18-16-32-14-12-30-10-8-27/h3-6,27H,2,7-22H2,1H3,(H,26,28). The average molecular weight is 502 g/mol. The van der Waals surface area contributed by atoms with E-state index in [1.54, 1.807) is 0 Å². The van der Waals surface area contributed by atoms with Crippen molar-refractivity contribution in [3.63, 3.8) is 0 Å². The third-order valence-corrected chi connectivity index (χ3v) is 4.62. The molecule has 0 spiro atoms. The Morgan fingerprint density at radius 3 is 1.37 bits per heavy atom. The summed E-state index contributed by atoms with van der Waals surface area (Å²) in [5.41, 5.74) is 1.87. The number of carbonyl (C=O) groups is 1. The van der Waals surface area contributed by atoms with Crippen LogP contribution in [0.4, 0.5) is 0 Å². The highest BCUT2D eigenvalue weighted by atomic mass is 16.6. The molecule has 0 aromatic heterocycles. The summed E-state index contributed by atoms with van der Waals surface area (Å²) in [6.07, 6.45) is 0.956. The maximum atomic E-state index is 12.0. The van der Waals surface area contributed by atoms with Crippen molar-refractivity contribution < 1.29 is 43.1 Å². The Hall–Kier alpha value is -1.63. The van der Waals surface area contributed by atoms with E-state index in [1.807, 2.05) is 24.3 Å². The first-order valence-corrected chi connectivity index (χ1v) is 12.3. The fourth-order valence-electron chi connectivity index (χ4n) is 2.72. The van der Waals surface area contributed by atoms with Gasteiger partial charge in [0.1, 0.15) is 0 Å². The van der Waals surface area contributed by atoms with Crippen molar-refractivity contribution >= 4 is 5.91 Å². The molecule has 0 heterocycles. The van der Waals surface area contributed by atoms with Crippen LogP contribution in [0.2, 0.25) is 0 Å². The number of aliphatic hydroxyl groups excluding tert-OH is 1. The Balaban J connectivity index is 1.73. The second-order valence-electron chi connectivity index (χ2n) is 7.32. The summed E-state index contributed by atoms with van der Waals surface area (Å²) >= 11 is 0. The second kappa shape index (κ2) is 24.1. The van der Waals surface area contributed by atoms with Crippen LogP contribution >= 0.6 is 0 Å². The fourth-order valence-corrected chi connectivity index (χ4v) is 2.72. The molecular weight excluding hydrogens is 458 g/mol. The monoisotopic (exact) mass is 501 g/mol. The van der Waals surface area contributed by atoms with E-state index in [1.165, 1.54) is 5.56 Å². The summed E-state index contributed by atoms with van der Waals surface area (Å²) in [4.78, 5) is 12.0. The lowest BCUT2D eigenvalue weighted by Gasteiger charge is -2.09. The first-order chi connectivity index (χ1) is 17.3. The van der Waals surface area contributed by atoms with Gasteiger partial charge in [-0.1, -0.05) is 19.1 Å². The van der Waals surface area contributed by atoms with E-state index in [0.717, 1.165) is 6.42 Å². The third-order valence-electron chi connectivity index (χ3n) is 4.62. The van der Waals surface area contributed by atoms with Crippen LogP contribution in [0.3, 0.4) is 0 Å². The van der Waals surface area contributed by atoms with Crippen LogP contribution in [0.5, 0.6) is 0 Å². The number of amides is 1. The van der Waals surface area contributed by atoms with E-state index < -0.39 is 0 Å². The van der Waals surface area contributed by atoms with Gasteiger partial charge in [0.15, 0.2) is 0 Å². The molecule has 0 atom stereocenters. The molecule has 202 valence electrons. The van der Waals surface area contributed by atoms with Crippen molar-refractivity contribution in [2.24, 2.45) is 0 Å². The Morgan fingerprint density at radius 2 is 1.00 bits per heavy atom. The fraction of sp³-hybridized carbons (Fsp3) is 0.720. The zero-order chi connectivity index (χ0) is 25.2. The number of nitrogens with one attached hydrogen (secondary N) is 1. The summed E-state index contributed by atoms with van der Waals surface area (Å²) in [5.74, 6) is -0.0937. The molecule has 0 saturated carbocycles. The average Bonchev–Trinajstić information content (AvgIpc) is 2.89. The number of carbonyl (C=O) groups excluding carboxylic acids is 1. The first-order valence-electron chi connectivity index (χ1n) is 12.3. The zero-order valence-corrected chi connectivity index (χ0v) is 21.0. The van der Waals surface area contributed by atoms with Crippen LogP contribution in [0.15, 0.2) is 24.3 Å². The molecule has 0 bridgehead atoms. The predicted molar refractivity (Wildman–Crippen MR) is 131 cm³/mol. The molecule has 1 aromatic rings. The van der Waals surface area contributed by atoms with Gasteiger partial charge in [0.05, 0.1) is 99.1 Å². The van der Waals surface area contributed by atoms with E-state index >= 15 is 0 Å². The molecule has 1 aromatic carbocycles. The van der Waals surface area contributed by atoms with Crippen LogP contribution in [0, 0.1) is 0 Å². The SMILES string of the molecule is CCc1ccc(C(=O)NCCOCCOCCOCCOCCOCCOCCOCCO)cc1. The molecule has 10 heteroatoms. The Kier molecular flexibility index (Phi) is 21.6. The van der Waals surface area contributed by atoms with Crippen molar-refractivity contribution in [3.8, 4) is 0 Å². The number of ether oxygens (including phenoxy) is 7. The van der Waals surface area contributed by atoms with Crippen molar-refractivity contribution in [1.29, 1.82) is 0 Å². The van der Waals surface area contributed by atoms with E-state index in [4.69, 9.17) is 38.3 Å². The summed E-state index contributed by atoms with van der Waals surface area (Å²) in [6.45, 7) is 9.23. The lowest BCUT2D eigenvalue weighted by molar-refractivity contribution is -0.0213. The molecule has 1 amide bonds. The minimum atomic E-state index is -0.0937. The highest BCUT2D eigenvalue weighted by Gasteiger charge is 2.04. The molecule has 0 fully saturated rings. The van der Waals surface area contributed by atoms with Gasteiger partial charge in [-0.05, 0) is 24.1 Å². The Morgan fingerprint density at radius 1 is 0.629 bits per heavy atom. The molecule has 0 saturated heterocycles. The summed E-state index contributed by atoms with van der Waals surface area (Å²) in [7, 11) is 0. The number of benzene rings is 1. The summed E-state index contributed by atoms with van der Waals surface area (Å²) < 4.78 is 37.5. The lowest BCUT2D eigenvalue weighted by atomic mass is 10.1. The minimum absolute atomic E-state index is 0.0253. The number of aliphatic hydroxyl groups is 1. The van der Waals surface area contributed by atoms with Gasteiger partial charge in [-0.25, -0.2) is 0 Å². The Labute approximate surface area is 209 Å². The van der Waals surface area contributed by atoms with Gasteiger partial charge >= 0.3 is 0 Å². The maximum Gasteiger partial charge on any atom is 0.251 e.